The van der Waals surface area contributed by atoms with Crippen LogP contribution in [-0.4, -0.2) is 34.4 Å². The summed E-state index contributed by atoms with van der Waals surface area (Å²) in [5.41, 5.74) is 1.40. The third kappa shape index (κ3) is 2.39. The van der Waals surface area contributed by atoms with Crippen molar-refractivity contribution >= 4 is 22.4 Å². The fraction of sp³-hybridized carbons (Fsp3) is 0.417. The second-order valence-corrected chi connectivity index (χ2v) is 5.45. The van der Waals surface area contributed by atoms with E-state index in [1.165, 1.54) is 23.1 Å². The van der Waals surface area contributed by atoms with Gasteiger partial charge in [-0.3, -0.25) is 14.8 Å². The summed E-state index contributed by atoms with van der Waals surface area (Å²) in [6, 6.07) is 0. The van der Waals surface area contributed by atoms with Gasteiger partial charge in [0.1, 0.15) is 5.56 Å². The fourth-order valence-corrected chi connectivity index (χ4v) is 2.96. The van der Waals surface area contributed by atoms with E-state index in [2.05, 4.69) is 15.4 Å². The Morgan fingerprint density at radius 1 is 1.60 bits per heavy atom. The lowest BCUT2D eigenvalue weighted by Crippen LogP contribution is -2.12. The van der Waals surface area contributed by atoms with Crippen LogP contribution in [0.3, 0.4) is 0 Å². The molecule has 0 saturated heterocycles. The smallest absolute Gasteiger partial charge is 0.264 e. The molecule has 3 rings (SSSR count). The molecule has 0 atom stereocenters. The van der Waals surface area contributed by atoms with Gasteiger partial charge < -0.3 is 9.47 Å². The average molecular weight is 294 g/mol. The van der Waals surface area contributed by atoms with Crippen molar-refractivity contribution in [3.63, 3.8) is 0 Å². The Balaban J connectivity index is 1.80. The molecule has 2 aromatic heterocycles. The van der Waals surface area contributed by atoms with Crippen LogP contribution >= 0.6 is 11.3 Å². The van der Waals surface area contributed by atoms with Crippen LogP contribution in [0, 0.1) is 0 Å². The molecule has 0 aromatic carbocycles. The molecule has 7 nitrogen and oxygen atoms in total. The van der Waals surface area contributed by atoms with Gasteiger partial charge in [-0.1, -0.05) is 11.3 Å². The highest BCUT2D eigenvalue weighted by Gasteiger charge is 2.20. The maximum absolute atomic E-state index is 12.2. The van der Waals surface area contributed by atoms with Crippen molar-refractivity contribution in [1.29, 1.82) is 0 Å². The van der Waals surface area contributed by atoms with Crippen molar-refractivity contribution in [2.24, 2.45) is 7.05 Å². The summed E-state index contributed by atoms with van der Waals surface area (Å²) in [5.74, 6) is 0.0246. The number of aryl methyl sites for hydroxylation is 1. The first kappa shape index (κ1) is 13.1. The number of anilines is 1. The van der Waals surface area contributed by atoms with E-state index in [0.717, 1.165) is 17.0 Å². The number of hydrogen-bond acceptors (Lipinski definition) is 6. The highest BCUT2D eigenvalue weighted by atomic mass is 32.1. The second kappa shape index (κ2) is 5.22. The van der Waals surface area contributed by atoms with Gasteiger partial charge in [0.25, 0.3) is 5.91 Å². The maximum atomic E-state index is 12.2. The lowest BCUT2D eigenvalue weighted by Gasteiger charge is -2.08. The van der Waals surface area contributed by atoms with Gasteiger partial charge in [0.15, 0.2) is 5.13 Å². The van der Waals surface area contributed by atoms with Crippen LogP contribution < -0.4 is 10.1 Å². The zero-order valence-corrected chi connectivity index (χ0v) is 12.0. The number of rotatable bonds is 3. The molecule has 20 heavy (non-hydrogen) atoms. The number of carbonyl (C=O) groups is 1. The van der Waals surface area contributed by atoms with Crippen molar-refractivity contribution in [2.75, 3.05) is 19.0 Å². The number of methoxy groups -OCH3 is 1. The number of nitrogens with zero attached hydrogens (tertiary/aromatic N) is 3. The summed E-state index contributed by atoms with van der Waals surface area (Å²) in [6.07, 6.45) is 2.41. The lowest BCUT2D eigenvalue weighted by molar-refractivity contribution is 0.102. The SMILES string of the molecule is COc1nn(C)cc1C(=O)Nc1nc2c(s1)COCC2. The van der Waals surface area contributed by atoms with E-state index in [4.69, 9.17) is 9.47 Å². The largest absolute Gasteiger partial charge is 0.479 e. The van der Waals surface area contributed by atoms with Gasteiger partial charge in [-0.25, -0.2) is 4.98 Å². The van der Waals surface area contributed by atoms with Gasteiger partial charge >= 0.3 is 0 Å². The van der Waals surface area contributed by atoms with Crippen LogP contribution in [-0.2, 0) is 24.8 Å². The normalized spacial score (nSPS) is 13.9. The zero-order valence-electron chi connectivity index (χ0n) is 11.2. The summed E-state index contributed by atoms with van der Waals surface area (Å²) >= 11 is 1.44. The third-order valence-electron chi connectivity index (χ3n) is 2.95. The topological polar surface area (TPSA) is 78.3 Å². The molecular weight excluding hydrogens is 280 g/mol. The number of carbonyl (C=O) groups excluding carboxylic acids is 1. The van der Waals surface area contributed by atoms with E-state index in [-0.39, 0.29) is 5.91 Å². The van der Waals surface area contributed by atoms with E-state index in [0.29, 0.717) is 29.8 Å². The number of aromatic nitrogens is 3. The molecule has 0 spiro atoms. The van der Waals surface area contributed by atoms with Crippen LogP contribution in [0.2, 0.25) is 0 Å². The Labute approximate surface area is 119 Å². The zero-order chi connectivity index (χ0) is 14.1. The van der Waals surface area contributed by atoms with Crippen molar-refractivity contribution in [3.05, 3.63) is 22.3 Å². The van der Waals surface area contributed by atoms with Crippen LogP contribution in [0.25, 0.3) is 0 Å². The first-order valence-corrected chi connectivity index (χ1v) is 6.94. The number of amides is 1. The van der Waals surface area contributed by atoms with Gasteiger partial charge in [-0.15, -0.1) is 5.10 Å². The second-order valence-electron chi connectivity index (χ2n) is 4.37. The van der Waals surface area contributed by atoms with E-state index < -0.39 is 0 Å². The predicted molar refractivity (Wildman–Crippen MR) is 73.2 cm³/mol. The van der Waals surface area contributed by atoms with Crippen molar-refractivity contribution < 1.29 is 14.3 Å². The molecule has 1 N–H and O–H groups in total. The number of nitrogens with one attached hydrogen (secondary N) is 1. The molecule has 0 aliphatic carbocycles. The molecule has 1 aliphatic heterocycles. The van der Waals surface area contributed by atoms with E-state index in [1.54, 1.807) is 13.2 Å². The first-order valence-electron chi connectivity index (χ1n) is 6.12. The molecule has 1 aliphatic rings. The third-order valence-corrected chi connectivity index (χ3v) is 3.93. The van der Waals surface area contributed by atoms with Gasteiger partial charge in [0.05, 0.1) is 30.9 Å². The Hall–Kier alpha value is -1.93. The minimum absolute atomic E-state index is 0.276. The predicted octanol–water partition coefficient (Wildman–Crippen LogP) is 1.21. The molecule has 2 aromatic rings. The van der Waals surface area contributed by atoms with Crippen LogP contribution in [0.5, 0.6) is 5.88 Å². The summed E-state index contributed by atoms with van der Waals surface area (Å²) in [7, 11) is 3.22. The van der Waals surface area contributed by atoms with E-state index >= 15 is 0 Å². The van der Waals surface area contributed by atoms with Gasteiger partial charge in [0.2, 0.25) is 5.88 Å². The molecule has 8 heteroatoms. The highest BCUT2D eigenvalue weighted by Crippen LogP contribution is 2.27. The Morgan fingerprint density at radius 3 is 3.20 bits per heavy atom. The number of thiazole rings is 1. The van der Waals surface area contributed by atoms with E-state index in [9.17, 15) is 4.79 Å². The van der Waals surface area contributed by atoms with E-state index in [1.807, 2.05) is 0 Å². The monoisotopic (exact) mass is 294 g/mol. The van der Waals surface area contributed by atoms with Crippen LogP contribution in [0.15, 0.2) is 6.20 Å². The summed E-state index contributed by atoms with van der Waals surface area (Å²) in [4.78, 5) is 17.7. The molecule has 0 fully saturated rings. The average Bonchev–Trinajstić information content (AvgIpc) is 3.00. The van der Waals surface area contributed by atoms with Gasteiger partial charge in [-0.2, -0.15) is 0 Å². The fourth-order valence-electron chi connectivity index (χ4n) is 2.02. The van der Waals surface area contributed by atoms with Gasteiger partial charge in [-0.05, 0) is 0 Å². The summed E-state index contributed by atoms with van der Waals surface area (Å²) < 4.78 is 12.0. The summed E-state index contributed by atoms with van der Waals surface area (Å²) in [5, 5.41) is 7.42. The standard InChI is InChI=1S/C12H14N4O3S/c1-16-5-7(11(15-16)18-2)10(17)14-12-13-8-3-4-19-6-9(8)20-12/h5H,3-4,6H2,1-2H3,(H,13,14,17). The lowest BCUT2D eigenvalue weighted by atomic mass is 10.2. The Bertz CT molecular complexity index is 626. The number of ether oxygens (including phenoxy) is 2. The molecule has 0 radical (unpaired) electrons. The Morgan fingerprint density at radius 2 is 2.45 bits per heavy atom. The highest BCUT2D eigenvalue weighted by molar-refractivity contribution is 7.15. The molecule has 0 bridgehead atoms. The quantitative estimate of drug-likeness (QED) is 0.920. The first-order chi connectivity index (χ1) is 9.67. The van der Waals surface area contributed by atoms with Crippen molar-refractivity contribution in [2.45, 2.75) is 13.0 Å². The molecule has 106 valence electrons. The molecule has 3 heterocycles. The Kier molecular flexibility index (Phi) is 3.41. The molecule has 0 saturated carbocycles. The maximum Gasteiger partial charge on any atom is 0.264 e. The summed E-state index contributed by atoms with van der Waals surface area (Å²) in [6.45, 7) is 1.25. The van der Waals surface area contributed by atoms with Crippen LogP contribution in [0.1, 0.15) is 20.9 Å². The minimum atomic E-state index is -0.276. The van der Waals surface area contributed by atoms with Crippen molar-refractivity contribution in [3.8, 4) is 5.88 Å². The number of fused-ring (bicyclic) bond motifs is 1. The number of hydrogen-bond donors (Lipinski definition) is 1. The molecule has 1 amide bonds. The van der Waals surface area contributed by atoms with Crippen molar-refractivity contribution in [1.82, 2.24) is 14.8 Å². The molecule has 0 unspecified atom stereocenters. The molecular formula is C12H14N4O3S. The van der Waals surface area contributed by atoms with Crippen LogP contribution in [0.4, 0.5) is 5.13 Å². The minimum Gasteiger partial charge on any atom is -0.479 e. The van der Waals surface area contributed by atoms with Gasteiger partial charge in [0, 0.05) is 19.7 Å².